The summed E-state index contributed by atoms with van der Waals surface area (Å²) in [5, 5.41) is 4.36. The maximum Gasteiger partial charge on any atom is 0.0968 e. The molecule has 2 aromatic carbocycles. The van der Waals surface area contributed by atoms with Gasteiger partial charge in [0.05, 0.1) is 11.2 Å². The first-order valence-corrected chi connectivity index (χ1v) is 7.32. The van der Waals surface area contributed by atoms with Crippen LogP contribution in [0.1, 0.15) is 0 Å². The number of hydrogen-bond donors (Lipinski definition) is 2. The van der Waals surface area contributed by atoms with Gasteiger partial charge in [0, 0.05) is 34.8 Å². The van der Waals surface area contributed by atoms with Crippen LogP contribution < -0.4 is 10.0 Å². The van der Waals surface area contributed by atoms with E-state index in [9.17, 15) is 0 Å². The Morgan fingerprint density at radius 3 is 2.85 bits per heavy atom. The summed E-state index contributed by atoms with van der Waals surface area (Å²) < 4.78 is 3.44. The molecule has 0 radical (unpaired) electrons. The predicted octanol–water partition coefficient (Wildman–Crippen LogP) is 4.38. The van der Waals surface area contributed by atoms with Crippen molar-refractivity contribution in [2.24, 2.45) is 0 Å². The summed E-state index contributed by atoms with van der Waals surface area (Å²) in [6, 6.07) is 14.8. The summed E-state index contributed by atoms with van der Waals surface area (Å²) >= 11 is 1.65. The third kappa shape index (κ3) is 1.58. The van der Waals surface area contributed by atoms with Gasteiger partial charge in [-0.05, 0) is 35.7 Å². The van der Waals surface area contributed by atoms with Crippen LogP contribution in [0.15, 0.2) is 53.6 Å². The number of nitrogens with zero attached hydrogens (tertiary/aromatic N) is 1. The molecule has 0 spiro atoms. The van der Waals surface area contributed by atoms with Crippen molar-refractivity contribution >= 4 is 34.2 Å². The minimum atomic E-state index is 1.01. The molecular formula is C16H13N3S. The van der Waals surface area contributed by atoms with Gasteiger partial charge in [-0.3, -0.25) is 4.98 Å². The summed E-state index contributed by atoms with van der Waals surface area (Å²) in [7, 11) is 1.94. The molecule has 0 saturated heterocycles. The second kappa shape index (κ2) is 4.42. The topological polar surface area (TPSA) is 37.0 Å². The van der Waals surface area contributed by atoms with Gasteiger partial charge in [0.15, 0.2) is 0 Å². The van der Waals surface area contributed by atoms with Crippen molar-refractivity contribution in [3.63, 3.8) is 0 Å². The molecule has 2 N–H and O–H groups in total. The zero-order valence-corrected chi connectivity index (χ0v) is 11.8. The van der Waals surface area contributed by atoms with Gasteiger partial charge in [-0.25, -0.2) is 0 Å². The Bertz CT molecular complexity index is 814. The van der Waals surface area contributed by atoms with E-state index < -0.39 is 0 Å². The van der Waals surface area contributed by atoms with Crippen molar-refractivity contribution < 1.29 is 0 Å². The zero-order chi connectivity index (χ0) is 13.5. The maximum atomic E-state index is 4.56. The SMILES string of the molecule is CNc1ccnc2c3c(ccc12)-c1ccccc1SN3. The average Bonchev–Trinajstić information content (AvgIpc) is 2.53. The minimum absolute atomic E-state index is 1.01. The lowest BCUT2D eigenvalue weighted by molar-refractivity contribution is 1.38. The molecule has 0 atom stereocenters. The van der Waals surface area contributed by atoms with Gasteiger partial charge in [0.2, 0.25) is 0 Å². The van der Waals surface area contributed by atoms with E-state index in [1.165, 1.54) is 16.0 Å². The van der Waals surface area contributed by atoms with Crippen LogP contribution in [0.25, 0.3) is 22.0 Å². The number of hydrogen-bond acceptors (Lipinski definition) is 4. The first-order chi connectivity index (χ1) is 9.88. The molecule has 1 aliphatic heterocycles. The molecule has 3 aromatic rings. The number of anilines is 2. The van der Waals surface area contributed by atoms with Crippen molar-refractivity contribution in [2.45, 2.75) is 4.90 Å². The highest BCUT2D eigenvalue weighted by Crippen LogP contribution is 2.45. The molecule has 1 aliphatic rings. The maximum absolute atomic E-state index is 4.56. The highest BCUT2D eigenvalue weighted by atomic mass is 32.2. The van der Waals surface area contributed by atoms with Crippen LogP contribution in [-0.2, 0) is 0 Å². The normalized spacial score (nSPS) is 12.4. The Morgan fingerprint density at radius 2 is 1.95 bits per heavy atom. The number of pyridine rings is 1. The molecule has 3 nitrogen and oxygen atoms in total. The number of nitrogens with one attached hydrogen (secondary N) is 2. The van der Waals surface area contributed by atoms with Gasteiger partial charge in [-0.15, -0.1) is 0 Å². The summed E-state index contributed by atoms with van der Waals surface area (Å²) in [6.45, 7) is 0. The fourth-order valence-electron chi connectivity index (χ4n) is 2.65. The molecule has 0 amide bonds. The number of benzene rings is 2. The van der Waals surface area contributed by atoms with E-state index >= 15 is 0 Å². The van der Waals surface area contributed by atoms with E-state index in [2.05, 4.69) is 51.4 Å². The second-order valence-electron chi connectivity index (χ2n) is 4.69. The molecule has 98 valence electrons. The smallest absolute Gasteiger partial charge is 0.0968 e. The Hall–Kier alpha value is -2.20. The van der Waals surface area contributed by atoms with Gasteiger partial charge < -0.3 is 10.0 Å². The first kappa shape index (κ1) is 11.6. The van der Waals surface area contributed by atoms with Gasteiger partial charge in [0.1, 0.15) is 0 Å². The lowest BCUT2D eigenvalue weighted by Gasteiger charge is -2.22. The second-order valence-corrected chi connectivity index (χ2v) is 5.54. The van der Waals surface area contributed by atoms with Crippen molar-refractivity contribution in [3.05, 3.63) is 48.7 Å². The van der Waals surface area contributed by atoms with Crippen LogP contribution in [0.2, 0.25) is 0 Å². The molecule has 1 aromatic heterocycles. The van der Waals surface area contributed by atoms with Crippen LogP contribution in [0.4, 0.5) is 11.4 Å². The van der Waals surface area contributed by atoms with Crippen molar-refractivity contribution in [2.75, 3.05) is 17.1 Å². The van der Waals surface area contributed by atoms with Crippen LogP contribution in [0, 0.1) is 0 Å². The van der Waals surface area contributed by atoms with E-state index in [4.69, 9.17) is 0 Å². The zero-order valence-electron chi connectivity index (χ0n) is 11.0. The largest absolute Gasteiger partial charge is 0.388 e. The van der Waals surface area contributed by atoms with Crippen LogP contribution in [0.3, 0.4) is 0 Å². The quantitative estimate of drug-likeness (QED) is 0.648. The van der Waals surface area contributed by atoms with Gasteiger partial charge in [-0.1, -0.05) is 24.3 Å². The van der Waals surface area contributed by atoms with Crippen LogP contribution in [0.5, 0.6) is 0 Å². The molecule has 0 fully saturated rings. The molecule has 4 heteroatoms. The molecule has 4 rings (SSSR count). The number of aromatic nitrogens is 1. The number of fused-ring (bicyclic) bond motifs is 5. The van der Waals surface area contributed by atoms with Crippen LogP contribution >= 0.6 is 11.9 Å². The van der Waals surface area contributed by atoms with E-state index in [1.54, 1.807) is 11.9 Å². The average molecular weight is 279 g/mol. The Balaban J connectivity index is 2.05. The fraction of sp³-hybridized carbons (Fsp3) is 0.0625. The molecule has 0 saturated carbocycles. The Labute approximate surface area is 121 Å². The van der Waals surface area contributed by atoms with Gasteiger partial charge in [0.25, 0.3) is 0 Å². The van der Waals surface area contributed by atoms with Crippen molar-refractivity contribution in [3.8, 4) is 11.1 Å². The van der Waals surface area contributed by atoms with Gasteiger partial charge >= 0.3 is 0 Å². The summed E-state index contributed by atoms with van der Waals surface area (Å²) in [5.74, 6) is 0. The molecule has 0 aliphatic carbocycles. The third-order valence-electron chi connectivity index (χ3n) is 3.62. The van der Waals surface area contributed by atoms with E-state index in [0.717, 1.165) is 22.3 Å². The lowest BCUT2D eigenvalue weighted by atomic mass is 10.0. The summed E-state index contributed by atoms with van der Waals surface area (Å²) in [5.41, 5.74) is 5.69. The monoisotopic (exact) mass is 279 g/mol. The van der Waals surface area contributed by atoms with Crippen molar-refractivity contribution in [1.29, 1.82) is 0 Å². The lowest BCUT2D eigenvalue weighted by Crippen LogP contribution is -2.01. The van der Waals surface area contributed by atoms with Crippen LogP contribution in [-0.4, -0.2) is 12.0 Å². The molecular weight excluding hydrogens is 266 g/mol. The third-order valence-corrected chi connectivity index (χ3v) is 4.50. The molecule has 0 bridgehead atoms. The van der Waals surface area contributed by atoms with Crippen molar-refractivity contribution in [1.82, 2.24) is 4.98 Å². The minimum Gasteiger partial charge on any atom is -0.388 e. The van der Waals surface area contributed by atoms with Gasteiger partial charge in [-0.2, -0.15) is 0 Å². The Morgan fingerprint density at radius 1 is 1.05 bits per heavy atom. The highest BCUT2D eigenvalue weighted by Gasteiger charge is 2.19. The molecule has 0 unspecified atom stereocenters. The number of rotatable bonds is 1. The first-order valence-electron chi connectivity index (χ1n) is 6.50. The predicted molar refractivity (Wildman–Crippen MR) is 86.2 cm³/mol. The summed E-state index contributed by atoms with van der Waals surface area (Å²) in [4.78, 5) is 5.81. The molecule has 2 heterocycles. The van der Waals surface area contributed by atoms with E-state index in [1.807, 2.05) is 19.3 Å². The molecule has 20 heavy (non-hydrogen) atoms. The fourth-order valence-corrected chi connectivity index (χ4v) is 3.50. The standard InChI is InChI=1S/C16H13N3S/c1-17-13-8-9-18-15-12(13)7-6-11-10-4-2-3-5-14(10)20-19-16(11)15/h2-9,19H,1H3,(H,17,18). The summed E-state index contributed by atoms with van der Waals surface area (Å²) in [6.07, 6.45) is 1.85. The van der Waals surface area contributed by atoms with E-state index in [-0.39, 0.29) is 0 Å². The van der Waals surface area contributed by atoms with E-state index in [0.29, 0.717) is 0 Å². The Kier molecular flexibility index (Phi) is 2.57. The highest BCUT2D eigenvalue weighted by molar-refractivity contribution is 8.00.